The third-order valence-corrected chi connectivity index (χ3v) is 3.61. The molecule has 0 bridgehead atoms. The van der Waals surface area contributed by atoms with Gasteiger partial charge in [-0.15, -0.1) is 0 Å². The van der Waals surface area contributed by atoms with E-state index in [1.807, 2.05) is 0 Å². The molecule has 1 spiro atoms. The summed E-state index contributed by atoms with van der Waals surface area (Å²) < 4.78 is 22.5. The summed E-state index contributed by atoms with van der Waals surface area (Å²) in [5.74, 6) is 8.75. The van der Waals surface area contributed by atoms with E-state index in [2.05, 4.69) is 23.7 Å². The summed E-state index contributed by atoms with van der Waals surface area (Å²) in [6, 6.07) is 0. The van der Waals surface area contributed by atoms with E-state index in [-0.39, 0.29) is 0 Å². The zero-order valence-corrected chi connectivity index (χ0v) is 14.0. The lowest BCUT2D eigenvalue weighted by molar-refractivity contribution is -0.263. The van der Waals surface area contributed by atoms with Crippen LogP contribution in [0.25, 0.3) is 0 Å². The quantitative estimate of drug-likeness (QED) is 0.566. The highest BCUT2D eigenvalue weighted by atomic mass is 16.7. The Kier molecular flexibility index (Phi) is 5.89. The van der Waals surface area contributed by atoms with Crippen molar-refractivity contribution in [3.63, 3.8) is 0 Å². The van der Waals surface area contributed by atoms with E-state index >= 15 is 0 Å². The van der Waals surface area contributed by atoms with Crippen molar-refractivity contribution in [2.75, 3.05) is 6.61 Å². The number of carbonyl (C=O) groups excluding carboxylic acids is 2. The van der Waals surface area contributed by atoms with E-state index in [0.717, 1.165) is 12.8 Å². The average molecular weight is 332 g/mol. The molecule has 6 heteroatoms. The number of hydrogen-bond acceptors (Lipinski definition) is 6. The van der Waals surface area contributed by atoms with Crippen molar-refractivity contribution in [3.8, 4) is 23.7 Å². The summed E-state index contributed by atoms with van der Waals surface area (Å²) in [6.45, 7) is 4.73. The Morgan fingerprint density at radius 3 is 2.54 bits per heavy atom. The molecule has 3 atom stereocenters. The first-order chi connectivity index (χ1) is 11.5. The number of hydrogen-bond donors (Lipinski definition) is 0. The first-order valence-corrected chi connectivity index (χ1v) is 7.78. The van der Waals surface area contributed by atoms with Crippen LogP contribution in [0.15, 0.2) is 11.8 Å². The normalized spacial score (nSPS) is 29.7. The highest BCUT2D eigenvalue weighted by molar-refractivity contribution is 5.68. The van der Waals surface area contributed by atoms with Gasteiger partial charge in [-0.1, -0.05) is 11.8 Å². The Bertz CT molecular complexity index is 648. The van der Waals surface area contributed by atoms with Gasteiger partial charge in [-0.25, -0.2) is 0 Å². The van der Waals surface area contributed by atoms with Crippen LogP contribution in [0.1, 0.15) is 40.0 Å². The van der Waals surface area contributed by atoms with Crippen LogP contribution in [-0.4, -0.2) is 36.5 Å². The average Bonchev–Trinajstić information content (AvgIpc) is 2.78. The summed E-state index contributed by atoms with van der Waals surface area (Å²) in [5, 5.41) is 0. The van der Waals surface area contributed by atoms with Crippen LogP contribution in [-0.2, 0) is 28.5 Å². The van der Waals surface area contributed by atoms with Gasteiger partial charge < -0.3 is 18.9 Å². The molecule has 2 fully saturated rings. The molecule has 2 aliphatic heterocycles. The van der Waals surface area contributed by atoms with E-state index in [1.54, 1.807) is 6.92 Å². The van der Waals surface area contributed by atoms with Crippen molar-refractivity contribution in [2.24, 2.45) is 0 Å². The summed E-state index contributed by atoms with van der Waals surface area (Å²) in [4.78, 5) is 23.0. The van der Waals surface area contributed by atoms with Crippen molar-refractivity contribution in [1.29, 1.82) is 0 Å². The van der Waals surface area contributed by atoms with Gasteiger partial charge in [-0.05, 0) is 31.6 Å². The Hall–Kier alpha value is -2.44. The molecule has 0 N–H and O–H groups in total. The minimum atomic E-state index is -1.14. The minimum Gasteiger partial charge on any atom is -0.458 e. The molecular weight excluding hydrogens is 312 g/mol. The van der Waals surface area contributed by atoms with Crippen LogP contribution in [0.2, 0.25) is 0 Å². The van der Waals surface area contributed by atoms with Crippen molar-refractivity contribution >= 4 is 11.9 Å². The molecule has 0 unspecified atom stereocenters. The van der Waals surface area contributed by atoms with Crippen LogP contribution >= 0.6 is 0 Å². The highest BCUT2D eigenvalue weighted by Crippen LogP contribution is 2.43. The van der Waals surface area contributed by atoms with Gasteiger partial charge in [-0.2, -0.15) is 0 Å². The van der Waals surface area contributed by atoms with Crippen LogP contribution in [0.5, 0.6) is 0 Å². The minimum absolute atomic E-state index is 0.295. The number of rotatable bonds is 2. The second-order valence-corrected chi connectivity index (χ2v) is 5.47. The van der Waals surface area contributed by atoms with E-state index < -0.39 is 29.9 Å². The Labute approximate surface area is 141 Å². The first-order valence-electron chi connectivity index (χ1n) is 7.78. The lowest BCUT2D eigenvalue weighted by Crippen LogP contribution is -2.50. The highest BCUT2D eigenvalue weighted by Gasteiger charge is 2.59. The van der Waals surface area contributed by atoms with Gasteiger partial charge in [0, 0.05) is 26.3 Å². The predicted octanol–water partition coefficient (Wildman–Crippen LogP) is 1.69. The van der Waals surface area contributed by atoms with Gasteiger partial charge in [-0.3, -0.25) is 9.59 Å². The molecule has 2 heterocycles. The maximum Gasteiger partial charge on any atom is 0.303 e. The van der Waals surface area contributed by atoms with E-state index in [0.29, 0.717) is 18.8 Å². The lowest BCUT2D eigenvalue weighted by Gasteiger charge is -2.36. The molecular formula is C18H20O6. The van der Waals surface area contributed by atoms with Gasteiger partial charge in [0.15, 0.2) is 5.76 Å². The fraction of sp³-hybridized carbons (Fsp3) is 0.556. The largest absolute Gasteiger partial charge is 0.458 e. The van der Waals surface area contributed by atoms with Crippen molar-refractivity contribution in [2.45, 2.75) is 58.0 Å². The summed E-state index contributed by atoms with van der Waals surface area (Å²) >= 11 is 0. The van der Waals surface area contributed by atoms with Crippen molar-refractivity contribution in [1.82, 2.24) is 0 Å². The first kappa shape index (κ1) is 17.9. The molecule has 0 aliphatic carbocycles. The maximum absolute atomic E-state index is 11.5. The predicted molar refractivity (Wildman–Crippen MR) is 84.0 cm³/mol. The van der Waals surface area contributed by atoms with Gasteiger partial charge in [0.05, 0.1) is 6.61 Å². The van der Waals surface area contributed by atoms with Crippen LogP contribution < -0.4 is 0 Å². The van der Waals surface area contributed by atoms with E-state index in [4.69, 9.17) is 18.9 Å². The van der Waals surface area contributed by atoms with Crippen LogP contribution in [0.3, 0.4) is 0 Å². The summed E-state index contributed by atoms with van der Waals surface area (Å²) in [7, 11) is 0. The van der Waals surface area contributed by atoms with Crippen molar-refractivity contribution in [3.05, 3.63) is 11.8 Å². The van der Waals surface area contributed by atoms with Gasteiger partial charge in [0.1, 0.15) is 0 Å². The third kappa shape index (κ3) is 4.10. The molecule has 0 saturated carbocycles. The molecule has 0 aromatic carbocycles. The van der Waals surface area contributed by atoms with Crippen LogP contribution in [0.4, 0.5) is 0 Å². The Balaban J connectivity index is 2.38. The molecule has 2 rings (SSSR count). The second-order valence-electron chi connectivity index (χ2n) is 5.47. The molecule has 2 aliphatic rings. The molecule has 2 saturated heterocycles. The van der Waals surface area contributed by atoms with E-state index in [9.17, 15) is 9.59 Å². The fourth-order valence-electron chi connectivity index (χ4n) is 2.74. The summed E-state index contributed by atoms with van der Waals surface area (Å²) in [5.41, 5.74) is 0. The van der Waals surface area contributed by atoms with Gasteiger partial charge in [0.2, 0.25) is 12.2 Å². The van der Waals surface area contributed by atoms with Crippen LogP contribution in [0, 0.1) is 23.7 Å². The maximum atomic E-state index is 11.5. The number of ether oxygens (including phenoxy) is 4. The zero-order valence-electron chi connectivity index (χ0n) is 14.0. The van der Waals surface area contributed by atoms with E-state index in [1.165, 1.54) is 19.9 Å². The van der Waals surface area contributed by atoms with Gasteiger partial charge >= 0.3 is 11.9 Å². The zero-order chi connectivity index (χ0) is 17.6. The Morgan fingerprint density at radius 1 is 1.21 bits per heavy atom. The number of carbonyl (C=O) groups is 2. The molecule has 0 aromatic rings. The molecule has 0 radical (unpaired) electrons. The molecule has 6 nitrogen and oxygen atoms in total. The Morgan fingerprint density at radius 2 is 1.96 bits per heavy atom. The standard InChI is InChI=1S/C18H20O6/c1-4-5-6-7-10-15-16(22-13(2)19)17(23-14(3)20)18(24-15)11-8-9-12-21-18/h10,16-17H,8-9,11-12H2,1-3H3/b15-10+/t16-,17+,18+/m0/s1. The molecule has 24 heavy (non-hydrogen) atoms. The smallest absolute Gasteiger partial charge is 0.303 e. The summed E-state index contributed by atoms with van der Waals surface area (Å²) in [6.07, 6.45) is 1.98. The number of esters is 2. The topological polar surface area (TPSA) is 71.1 Å². The number of allylic oxidation sites excluding steroid dienone is 1. The molecule has 0 amide bonds. The SMILES string of the molecule is CC#CC#C/C=C1/O[C@]2(CCCCO2)[C@H](OC(C)=O)[C@H]1OC(C)=O. The van der Waals surface area contributed by atoms with Gasteiger partial charge in [0.25, 0.3) is 5.79 Å². The monoisotopic (exact) mass is 332 g/mol. The third-order valence-electron chi connectivity index (χ3n) is 3.61. The molecule has 128 valence electrons. The molecule has 0 aromatic heterocycles. The fourth-order valence-corrected chi connectivity index (χ4v) is 2.74. The second kappa shape index (κ2) is 7.90. The van der Waals surface area contributed by atoms with Crippen molar-refractivity contribution < 1.29 is 28.5 Å². The lowest BCUT2D eigenvalue weighted by atomic mass is 9.98.